The maximum absolute atomic E-state index is 11.4. The zero-order valence-electron chi connectivity index (χ0n) is 9.57. The molecule has 0 spiro atoms. The lowest BCUT2D eigenvalue weighted by molar-refractivity contribution is 0.415. The van der Waals surface area contributed by atoms with E-state index in [0.717, 1.165) is 16.8 Å². The minimum atomic E-state index is -0.304. The number of aromatic nitrogens is 2. The fraction of sp³-hybridized carbons (Fsp3) is 0.333. The van der Waals surface area contributed by atoms with Gasteiger partial charge < -0.3 is 9.72 Å². The highest BCUT2D eigenvalue weighted by atomic mass is 16.5. The lowest BCUT2D eigenvalue weighted by Gasteiger charge is -2.09. The third-order valence-electron chi connectivity index (χ3n) is 2.53. The first kappa shape index (κ1) is 10.7. The molecule has 4 nitrogen and oxygen atoms in total. The number of methoxy groups -OCH3 is 1. The Morgan fingerprint density at radius 1 is 1.38 bits per heavy atom. The Bertz CT molecular complexity index is 573. The smallest absolute Gasteiger partial charge is 0.345 e. The lowest BCUT2D eigenvalue weighted by atomic mass is 10.0. The molecule has 0 aliphatic rings. The Labute approximate surface area is 93.3 Å². The second-order valence-electron chi connectivity index (χ2n) is 3.99. The van der Waals surface area contributed by atoms with Crippen molar-refractivity contribution in [3.05, 3.63) is 34.4 Å². The molecule has 0 radical (unpaired) electrons. The van der Waals surface area contributed by atoms with Crippen molar-refractivity contribution in [3.63, 3.8) is 0 Å². The molecule has 0 fully saturated rings. The van der Waals surface area contributed by atoms with Crippen molar-refractivity contribution in [2.75, 3.05) is 7.11 Å². The first-order valence-electron chi connectivity index (χ1n) is 5.20. The van der Waals surface area contributed by atoms with Gasteiger partial charge in [0.25, 0.3) is 0 Å². The van der Waals surface area contributed by atoms with Gasteiger partial charge in [-0.25, -0.2) is 4.79 Å². The summed E-state index contributed by atoms with van der Waals surface area (Å²) in [7, 11) is 1.62. The molecule has 16 heavy (non-hydrogen) atoms. The molecule has 0 bridgehead atoms. The number of benzene rings is 1. The molecule has 0 aliphatic heterocycles. The van der Waals surface area contributed by atoms with Crippen LogP contribution in [0.3, 0.4) is 0 Å². The predicted octanol–water partition coefficient (Wildman–Crippen LogP) is 2.06. The van der Waals surface area contributed by atoms with Crippen LogP contribution in [0, 0.1) is 0 Å². The fourth-order valence-corrected chi connectivity index (χ4v) is 1.73. The van der Waals surface area contributed by atoms with Gasteiger partial charge in [-0.2, -0.15) is 4.98 Å². The van der Waals surface area contributed by atoms with E-state index in [1.807, 2.05) is 19.9 Å². The topological polar surface area (TPSA) is 55.0 Å². The van der Waals surface area contributed by atoms with Gasteiger partial charge in [0.05, 0.1) is 12.6 Å². The summed E-state index contributed by atoms with van der Waals surface area (Å²) in [5, 5.41) is 0.939. The Kier molecular flexibility index (Phi) is 2.64. The summed E-state index contributed by atoms with van der Waals surface area (Å²) in [4.78, 5) is 18.1. The highest BCUT2D eigenvalue weighted by molar-refractivity contribution is 5.82. The van der Waals surface area contributed by atoms with Crippen LogP contribution in [-0.2, 0) is 0 Å². The second-order valence-corrected chi connectivity index (χ2v) is 3.99. The minimum Gasteiger partial charge on any atom is -0.497 e. The largest absolute Gasteiger partial charge is 0.497 e. The highest BCUT2D eigenvalue weighted by Crippen LogP contribution is 2.24. The maximum Gasteiger partial charge on any atom is 0.345 e. The van der Waals surface area contributed by atoms with E-state index in [4.69, 9.17) is 4.74 Å². The summed E-state index contributed by atoms with van der Waals surface area (Å²) in [6, 6.07) is 5.50. The van der Waals surface area contributed by atoms with E-state index in [9.17, 15) is 4.79 Å². The number of hydrogen-bond acceptors (Lipinski definition) is 3. The first-order valence-corrected chi connectivity index (χ1v) is 5.20. The van der Waals surface area contributed by atoms with Crippen LogP contribution in [0.1, 0.15) is 25.5 Å². The van der Waals surface area contributed by atoms with Gasteiger partial charge in [0.2, 0.25) is 0 Å². The molecule has 0 atom stereocenters. The van der Waals surface area contributed by atoms with Crippen LogP contribution in [-0.4, -0.2) is 17.1 Å². The molecular weight excluding hydrogens is 204 g/mol. The Hall–Kier alpha value is -1.84. The average Bonchev–Trinajstić information content (AvgIpc) is 2.27. The van der Waals surface area contributed by atoms with Crippen molar-refractivity contribution in [3.8, 4) is 5.75 Å². The number of hydrogen-bond donors (Lipinski definition) is 1. The van der Waals surface area contributed by atoms with E-state index >= 15 is 0 Å². The first-order chi connectivity index (χ1) is 7.61. The third kappa shape index (κ3) is 1.78. The molecule has 0 saturated heterocycles. The quantitative estimate of drug-likeness (QED) is 0.839. The van der Waals surface area contributed by atoms with Gasteiger partial charge in [-0.1, -0.05) is 13.8 Å². The molecule has 1 aromatic heterocycles. The van der Waals surface area contributed by atoms with Crippen LogP contribution in [0.5, 0.6) is 5.75 Å². The van der Waals surface area contributed by atoms with Crippen LogP contribution in [0.15, 0.2) is 23.0 Å². The number of aromatic amines is 1. The van der Waals surface area contributed by atoms with Crippen LogP contribution in [0.2, 0.25) is 0 Å². The van der Waals surface area contributed by atoms with Crippen molar-refractivity contribution in [2.24, 2.45) is 0 Å². The average molecular weight is 218 g/mol. The van der Waals surface area contributed by atoms with Crippen molar-refractivity contribution in [1.82, 2.24) is 9.97 Å². The number of ether oxygens (including phenoxy) is 1. The summed E-state index contributed by atoms with van der Waals surface area (Å²) in [5.74, 6) is 1.01. The molecule has 0 saturated carbocycles. The Morgan fingerprint density at radius 3 is 2.75 bits per heavy atom. The number of H-pyrrole nitrogens is 1. The molecule has 4 heteroatoms. The van der Waals surface area contributed by atoms with Gasteiger partial charge in [0, 0.05) is 11.1 Å². The van der Waals surface area contributed by atoms with Gasteiger partial charge in [-0.3, -0.25) is 0 Å². The van der Waals surface area contributed by atoms with Crippen LogP contribution in [0.25, 0.3) is 10.9 Å². The summed E-state index contributed by atoms with van der Waals surface area (Å²) >= 11 is 0. The molecule has 84 valence electrons. The second kappa shape index (κ2) is 3.96. The molecule has 1 N–H and O–H groups in total. The molecule has 0 unspecified atom stereocenters. The maximum atomic E-state index is 11.4. The van der Waals surface area contributed by atoms with Gasteiger partial charge in [0.1, 0.15) is 5.75 Å². The number of fused-ring (bicyclic) bond motifs is 1. The molecular formula is C12H14N2O2. The van der Waals surface area contributed by atoms with E-state index in [2.05, 4.69) is 9.97 Å². The predicted molar refractivity (Wildman–Crippen MR) is 63.0 cm³/mol. The van der Waals surface area contributed by atoms with Crippen LogP contribution >= 0.6 is 0 Å². The molecule has 0 aliphatic carbocycles. The van der Waals surface area contributed by atoms with Crippen molar-refractivity contribution in [2.45, 2.75) is 19.8 Å². The number of rotatable bonds is 2. The monoisotopic (exact) mass is 218 g/mol. The standard InChI is InChI=1S/C12H14N2O2/c1-7(2)11-9-6-8(16-3)4-5-10(9)13-12(15)14-11/h4-7H,1-3H3,(H,13,14,15). The van der Waals surface area contributed by atoms with E-state index in [0.29, 0.717) is 5.52 Å². The van der Waals surface area contributed by atoms with E-state index in [1.165, 1.54) is 0 Å². The van der Waals surface area contributed by atoms with Gasteiger partial charge in [-0.15, -0.1) is 0 Å². The summed E-state index contributed by atoms with van der Waals surface area (Å²) in [6.07, 6.45) is 0. The highest BCUT2D eigenvalue weighted by Gasteiger charge is 2.09. The van der Waals surface area contributed by atoms with Crippen LogP contribution < -0.4 is 10.4 Å². The zero-order valence-corrected chi connectivity index (χ0v) is 9.57. The molecule has 2 rings (SSSR count). The van der Waals surface area contributed by atoms with Crippen molar-refractivity contribution in [1.29, 1.82) is 0 Å². The Balaban J connectivity index is 2.80. The SMILES string of the molecule is COc1ccc2nc(=O)[nH]c(C(C)C)c2c1. The normalized spacial score (nSPS) is 11.0. The van der Waals surface area contributed by atoms with E-state index < -0.39 is 0 Å². The van der Waals surface area contributed by atoms with Gasteiger partial charge >= 0.3 is 5.69 Å². The lowest BCUT2D eigenvalue weighted by Crippen LogP contribution is -2.14. The third-order valence-corrected chi connectivity index (χ3v) is 2.53. The summed E-state index contributed by atoms with van der Waals surface area (Å²) < 4.78 is 5.17. The van der Waals surface area contributed by atoms with Crippen LogP contribution in [0.4, 0.5) is 0 Å². The number of nitrogens with one attached hydrogen (secondary N) is 1. The van der Waals surface area contributed by atoms with Gasteiger partial charge in [0.15, 0.2) is 0 Å². The minimum absolute atomic E-state index is 0.241. The van der Waals surface area contributed by atoms with Crippen molar-refractivity contribution < 1.29 is 4.74 Å². The fourth-order valence-electron chi connectivity index (χ4n) is 1.73. The summed E-state index contributed by atoms with van der Waals surface area (Å²) in [5.41, 5.74) is 1.29. The van der Waals surface area contributed by atoms with Crippen molar-refractivity contribution >= 4 is 10.9 Å². The summed E-state index contributed by atoms with van der Waals surface area (Å²) in [6.45, 7) is 4.06. The van der Waals surface area contributed by atoms with Gasteiger partial charge in [-0.05, 0) is 24.1 Å². The molecule has 2 aromatic rings. The molecule has 1 aromatic carbocycles. The molecule has 0 amide bonds. The Morgan fingerprint density at radius 2 is 2.12 bits per heavy atom. The molecule has 1 heterocycles. The van der Waals surface area contributed by atoms with E-state index in [-0.39, 0.29) is 11.6 Å². The number of nitrogens with zero attached hydrogens (tertiary/aromatic N) is 1. The zero-order chi connectivity index (χ0) is 11.7. The van der Waals surface area contributed by atoms with E-state index in [1.54, 1.807) is 19.2 Å².